The second kappa shape index (κ2) is 5.32. The van der Waals surface area contributed by atoms with Crippen LogP contribution in [-0.4, -0.2) is 54.8 Å². The van der Waals surface area contributed by atoms with Crippen molar-refractivity contribution in [1.29, 1.82) is 0 Å². The highest BCUT2D eigenvalue weighted by atomic mass is 16.4. The van der Waals surface area contributed by atoms with E-state index < -0.39 is 17.8 Å². The fourth-order valence-corrected chi connectivity index (χ4v) is 2.64. The number of barbiturate groups is 1. The summed E-state index contributed by atoms with van der Waals surface area (Å²) in [5.41, 5.74) is -0.0769. The lowest BCUT2D eigenvalue weighted by Gasteiger charge is -2.28. The summed E-state index contributed by atoms with van der Waals surface area (Å²) in [6.07, 6.45) is 3.65. The standard InChI is InChI=1S/C15H17N3O4/c1-16-13(19)11(14(20)17(2)15(16)21)9-10-5-6-12(22-10)18-7-3-4-8-18/h5-6,9H,3-4,7-8H2,1-2H3. The third-order valence-electron chi connectivity index (χ3n) is 3.96. The maximum absolute atomic E-state index is 12.1. The molecule has 0 saturated carbocycles. The van der Waals surface area contributed by atoms with Crippen molar-refractivity contribution in [2.24, 2.45) is 0 Å². The Morgan fingerprint density at radius 3 is 2.18 bits per heavy atom. The van der Waals surface area contributed by atoms with Gasteiger partial charge in [-0.2, -0.15) is 0 Å². The maximum Gasteiger partial charge on any atom is 0.333 e. The first-order valence-corrected chi connectivity index (χ1v) is 7.15. The van der Waals surface area contributed by atoms with Gasteiger partial charge in [-0.25, -0.2) is 4.79 Å². The Labute approximate surface area is 127 Å². The Bertz CT molecular complexity index is 644. The summed E-state index contributed by atoms with van der Waals surface area (Å²) in [4.78, 5) is 39.8. The molecule has 7 heteroatoms. The first-order valence-electron chi connectivity index (χ1n) is 7.15. The highest BCUT2D eigenvalue weighted by Gasteiger charge is 2.38. The van der Waals surface area contributed by atoms with Gasteiger partial charge in [0.2, 0.25) is 0 Å². The summed E-state index contributed by atoms with van der Waals surface area (Å²) >= 11 is 0. The van der Waals surface area contributed by atoms with E-state index >= 15 is 0 Å². The molecule has 3 heterocycles. The number of imide groups is 2. The first kappa shape index (κ1) is 14.4. The van der Waals surface area contributed by atoms with Gasteiger partial charge in [0, 0.05) is 33.3 Å². The van der Waals surface area contributed by atoms with Crippen LogP contribution < -0.4 is 4.90 Å². The maximum atomic E-state index is 12.1. The van der Waals surface area contributed by atoms with Crippen LogP contribution >= 0.6 is 0 Å². The van der Waals surface area contributed by atoms with Gasteiger partial charge < -0.3 is 9.32 Å². The van der Waals surface area contributed by atoms with Crippen LogP contribution in [-0.2, 0) is 9.59 Å². The zero-order valence-corrected chi connectivity index (χ0v) is 12.5. The fraction of sp³-hybridized carbons (Fsp3) is 0.400. The minimum absolute atomic E-state index is 0.0769. The predicted molar refractivity (Wildman–Crippen MR) is 79.1 cm³/mol. The molecule has 4 amide bonds. The molecule has 0 N–H and O–H groups in total. The molecule has 1 aromatic heterocycles. The van der Waals surface area contributed by atoms with Crippen molar-refractivity contribution in [3.63, 3.8) is 0 Å². The monoisotopic (exact) mass is 303 g/mol. The highest BCUT2D eigenvalue weighted by molar-refractivity contribution is 6.30. The van der Waals surface area contributed by atoms with Gasteiger partial charge in [-0.15, -0.1) is 0 Å². The van der Waals surface area contributed by atoms with Crippen molar-refractivity contribution in [2.75, 3.05) is 32.1 Å². The number of likely N-dealkylation sites (N-methyl/N-ethyl adjacent to an activating group) is 2. The Hall–Kier alpha value is -2.57. The SMILES string of the molecule is CN1C(=O)C(=Cc2ccc(N3CCCC3)o2)C(=O)N(C)C1=O. The number of anilines is 1. The van der Waals surface area contributed by atoms with Crippen LogP contribution in [0.25, 0.3) is 6.08 Å². The van der Waals surface area contributed by atoms with Crippen LogP contribution in [0.5, 0.6) is 0 Å². The molecule has 2 fully saturated rings. The van der Waals surface area contributed by atoms with E-state index in [9.17, 15) is 14.4 Å². The lowest BCUT2D eigenvalue weighted by Crippen LogP contribution is -2.52. The van der Waals surface area contributed by atoms with E-state index in [2.05, 4.69) is 4.90 Å². The molecule has 7 nitrogen and oxygen atoms in total. The smallest absolute Gasteiger partial charge is 0.333 e. The van der Waals surface area contributed by atoms with Crippen molar-refractivity contribution in [1.82, 2.24) is 9.80 Å². The number of hydrogen-bond donors (Lipinski definition) is 0. The van der Waals surface area contributed by atoms with Gasteiger partial charge in [-0.05, 0) is 25.0 Å². The molecule has 0 atom stereocenters. The summed E-state index contributed by atoms with van der Waals surface area (Å²) in [5.74, 6) is -0.0768. The Morgan fingerprint density at radius 2 is 1.59 bits per heavy atom. The molecular weight excluding hydrogens is 286 g/mol. The minimum Gasteiger partial charge on any atom is -0.441 e. The van der Waals surface area contributed by atoms with Crippen LogP contribution in [0.15, 0.2) is 22.1 Å². The molecule has 2 saturated heterocycles. The molecule has 0 unspecified atom stereocenters. The molecule has 0 aliphatic carbocycles. The van der Waals surface area contributed by atoms with Gasteiger partial charge in [0.25, 0.3) is 11.8 Å². The Balaban J connectivity index is 1.88. The second-order valence-corrected chi connectivity index (χ2v) is 5.44. The number of carbonyl (C=O) groups is 3. The third kappa shape index (κ3) is 2.28. The van der Waals surface area contributed by atoms with Gasteiger partial charge in [-0.3, -0.25) is 19.4 Å². The van der Waals surface area contributed by atoms with Crippen molar-refractivity contribution in [3.8, 4) is 0 Å². The molecule has 0 radical (unpaired) electrons. The largest absolute Gasteiger partial charge is 0.441 e. The molecule has 2 aliphatic rings. The van der Waals surface area contributed by atoms with Crippen LogP contribution in [0, 0.1) is 0 Å². The summed E-state index contributed by atoms with van der Waals surface area (Å²) in [6.45, 7) is 1.89. The van der Waals surface area contributed by atoms with E-state index in [1.165, 1.54) is 20.2 Å². The van der Waals surface area contributed by atoms with Crippen LogP contribution in [0.4, 0.5) is 10.7 Å². The molecule has 0 spiro atoms. The highest BCUT2D eigenvalue weighted by Crippen LogP contribution is 2.25. The van der Waals surface area contributed by atoms with E-state index in [0.717, 1.165) is 41.6 Å². The zero-order chi connectivity index (χ0) is 15.9. The number of hydrogen-bond acceptors (Lipinski definition) is 5. The molecule has 22 heavy (non-hydrogen) atoms. The summed E-state index contributed by atoms with van der Waals surface area (Å²) in [7, 11) is 2.69. The number of furan rings is 1. The van der Waals surface area contributed by atoms with Crippen molar-refractivity contribution in [3.05, 3.63) is 23.5 Å². The first-order chi connectivity index (χ1) is 10.5. The Morgan fingerprint density at radius 1 is 1.00 bits per heavy atom. The number of urea groups is 1. The van der Waals surface area contributed by atoms with Crippen LogP contribution in [0.3, 0.4) is 0 Å². The average Bonchev–Trinajstić information content (AvgIpc) is 3.18. The Kier molecular flexibility index (Phi) is 3.48. The van der Waals surface area contributed by atoms with E-state index in [0.29, 0.717) is 5.76 Å². The summed E-state index contributed by atoms with van der Waals surface area (Å²) in [6, 6.07) is 2.91. The third-order valence-corrected chi connectivity index (χ3v) is 3.96. The molecule has 1 aromatic rings. The topological polar surface area (TPSA) is 74.1 Å². The number of amides is 4. The van der Waals surface area contributed by atoms with E-state index in [1.807, 2.05) is 6.07 Å². The lowest BCUT2D eigenvalue weighted by atomic mass is 10.1. The van der Waals surface area contributed by atoms with Gasteiger partial charge in [-0.1, -0.05) is 0 Å². The molecule has 0 aromatic carbocycles. The molecule has 116 valence electrons. The zero-order valence-electron chi connectivity index (χ0n) is 12.5. The number of rotatable bonds is 2. The minimum atomic E-state index is -0.635. The quantitative estimate of drug-likeness (QED) is 0.608. The van der Waals surface area contributed by atoms with E-state index in [4.69, 9.17) is 4.42 Å². The fourth-order valence-electron chi connectivity index (χ4n) is 2.64. The van der Waals surface area contributed by atoms with Crippen LogP contribution in [0.2, 0.25) is 0 Å². The van der Waals surface area contributed by atoms with E-state index in [-0.39, 0.29) is 5.57 Å². The van der Waals surface area contributed by atoms with Crippen molar-refractivity contribution < 1.29 is 18.8 Å². The summed E-state index contributed by atoms with van der Waals surface area (Å²) < 4.78 is 5.69. The number of carbonyl (C=O) groups excluding carboxylic acids is 3. The molecule has 2 aliphatic heterocycles. The van der Waals surface area contributed by atoms with Gasteiger partial charge >= 0.3 is 6.03 Å². The van der Waals surface area contributed by atoms with Gasteiger partial charge in [0.15, 0.2) is 5.88 Å². The van der Waals surface area contributed by atoms with Crippen LogP contribution in [0.1, 0.15) is 18.6 Å². The van der Waals surface area contributed by atoms with Gasteiger partial charge in [0.1, 0.15) is 11.3 Å². The number of nitrogens with zero attached hydrogens (tertiary/aromatic N) is 3. The lowest BCUT2D eigenvalue weighted by molar-refractivity contribution is -0.134. The normalized spacial score (nSPS) is 19.5. The second-order valence-electron chi connectivity index (χ2n) is 5.44. The van der Waals surface area contributed by atoms with Crippen molar-refractivity contribution >= 4 is 29.8 Å². The average molecular weight is 303 g/mol. The molecule has 3 rings (SSSR count). The van der Waals surface area contributed by atoms with E-state index in [1.54, 1.807) is 6.07 Å². The summed E-state index contributed by atoms with van der Waals surface area (Å²) in [5, 5.41) is 0. The van der Waals surface area contributed by atoms with Gasteiger partial charge in [0.05, 0.1) is 0 Å². The molecule has 0 bridgehead atoms. The molecular formula is C15H17N3O4. The predicted octanol–water partition coefficient (Wildman–Crippen LogP) is 1.31. The van der Waals surface area contributed by atoms with Crippen molar-refractivity contribution in [2.45, 2.75) is 12.8 Å².